The first-order valence-corrected chi connectivity index (χ1v) is 7.07. The van der Waals surface area contributed by atoms with E-state index in [4.69, 9.17) is 0 Å². The fourth-order valence-corrected chi connectivity index (χ4v) is 2.35. The standard InChI is InChI=1S/C14H18BrN3O/c1-18-13(6-8-17-18)5-7-16-10-14(19)11-3-2-4-12(15)9-11/h2-4,6,8-9,14,16,19H,5,7,10H2,1H3. The average Bonchev–Trinajstić information content (AvgIpc) is 2.80. The molecule has 0 radical (unpaired) electrons. The molecule has 0 aliphatic carbocycles. The molecule has 1 unspecified atom stereocenters. The van der Waals surface area contributed by atoms with Crippen LogP contribution in [0.5, 0.6) is 0 Å². The van der Waals surface area contributed by atoms with Crippen molar-refractivity contribution >= 4 is 15.9 Å². The van der Waals surface area contributed by atoms with E-state index in [1.807, 2.05) is 42.1 Å². The van der Waals surface area contributed by atoms with E-state index in [9.17, 15) is 5.11 Å². The van der Waals surface area contributed by atoms with Gasteiger partial charge in [-0.2, -0.15) is 5.10 Å². The summed E-state index contributed by atoms with van der Waals surface area (Å²) >= 11 is 3.41. The lowest BCUT2D eigenvalue weighted by Crippen LogP contribution is -2.24. The maximum Gasteiger partial charge on any atom is 0.0914 e. The molecule has 1 aromatic carbocycles. The van der Waals surface area contributed by atoms with E-state index in [0.717, 1.165) is 23.0 Å². The zero-order chi connectivity index (χ0) is 13.7. The van der Waals surface area contributed by atoms with Crippen molar-refractivity contribution in [1.82, 2.24) is 15.1 Å². The summed E-state index contributed by atoms with van der Waals surface area (Å²) in [5.74, 6) is 0. The van der Waals surface area contributed by atoms with Crippen molar-refractivity contribution in [1.29, 1.82) is 0 Å². The monoisotopic (exact) mass is 323 g/mol. The quantitative estimate of drug-likeness (QED) is 0.800. The summed E-state index contributed by atoms with van der Waals surface area (Å²) in [4.78, 5) is 0. The number of aliphatic hydroxyl groups is 1. The van der Waals surface area contributed by atoms with Gasteiger partial charge in [-0.25, -0.2) is 0 Å². The van der Waals surface area contributed by atoms with Crippen molar-refractivity contribution < 1.29 is 5.11 Å². The average molecular weight is 324 g/mol. The van der Waals surface area contributed by atoms with E-state index in [1.165, 1.54) is 5.69 Å². The van der Waals surface area contributed by atoms with E-state index >= 15 is 0 Å². The normalized spacial score (nSPS) is 12.6. The van der Waals surface area contributed by atoms with Gasteiger partial charge in [0.05, 0.1) is 6.10 Å². The Hall–Kier alpha value is -1.17. The molecule has 102 valence electrons. The van der Waals surface area contributed by atoms with Gasteiger partial charge < -0.3 is 10.4 Å². The predicted molar refractivity (Wildman–Crippen MR) is 78.9 cm³/mol. The molecule has 1 heterocycles. The van der Waals surface area contributed by atoms with Gasteiger partial charge in [-0.15, -0.1) is 0 Å². The summed E-state index contributed by atoms with van der Waals surface area (Å²) in [7, 11) is 1.94. The van der Waals surface area contributed by atoms with Crippen LogP contribution in [0.25, 0.3) is 0 Å². The number of nitrogens with zero attached hydrogens (tertiary/aromatic N) is 2. The molecule has 2 N–H and O–H groups in total. The number of aromatic nitrogens is 2. The van der Waals surface area contributed by atoms with Gasteiger partial charge in [0.1, 0.15) is 0 Å². The lowest BCUT2D eigenvalue weighted by atomic mass is 10.1. The van der Waals surface area contributed by atoms with Crippen molar-refractivity contribution in [3.63, 3.8) is 0 Å². The van der Waals surface area contributed by atoms with Crippen LogP contribution in [-0.2, 0) is 13.5 Å². The van der Waals surface area contributed by atoms with Crippen LogP contribution in [0.1, 0.15) is 17.4 Å². The molecule has 4 nitrogen and oxygen atoms in total. The summed E-state index contributed by atoms with van der Waals surface area (Å²) in [5, 5.41) is 17.4. The third-order valence-electron chi connectivity index (χ3n) is 3.05. The maximum absolute atomic E-state index is 10.1. The van der Waals surface area contributed by atoms with Gasteiger partial charge in [0.2, 0.25) is 0 Å². The van der Waals surface area contributed by atoms with Crippen LogP contribution in [0.4, 0.5) is 0 Å². The number of halogens is 1. The summed E-state index contributed by atoms with van der Waals surface area (Å²) in [6.07, 6.45) is 2.22. The second-order valence-electron chi connectivity index (χ2n) is 4.47. The van der Waals surface area contributed by atoms with Crippen LogP contribution in [0.3, 0.4) is 0 Å². The van der Waals surface area contributed by atoms with E-state index in [2.05, 4.69) is 26.3 Å². The minimum absolute atomic E-state index is 0.482. The Morgan fingerprint density at radius 3 is 2.95 bits per heavy atom. The highest BCUT2D eigenvalue weighted by atomic mass is 79.9. The molecule has 0 bridgehead atoms. The summed E-state index contributed by atoms with van der Waals surface area (Å²) in [6.45, 7) is 1.37. The number of aryl methyl sites for hydroxylation is 1. The first-order valence-electron chi connectivity index (χ1n) is 6.28. The molecule has 1 aromatic heterocycles. The van der Waals surface area contributed by atoms with Gasteiger partial charge >= 0.3 is 0 Å². The molecular weight excluding hydrogens is 306 g/mol. The van der Waals surface area contributed by atoms with Crippen LogP contribution in [-0.4, -0.2) is 28.0 Å². The largest absolute Gasteiger partial charge is 0.387 e. The topological polar surface area (TPSA) is 50.1 Å². The lowest BCUT2D eigenvalue weighted by molar-refractivity contribution is 0.175. The molecule has 19 heavy (non-hydrogen) atoms. The van der Waals surface area contributed by atoms with Gasteiger partial charge in [0.15, 0.2) is 0 Å². The highest BCUT2D eigenvalue weighted by molar-refractivity contribution is 9.10. The van der Waals surface area contributed by atoms with Crippen LogP contribution in [0, 0.1) is 0 Å². The van der Waals surface area contributed by atoms with Crippen LogP contribution in [0.2, 0.25) is 0 Å². The van der Waals surface area contributed by atoms with Crippen molar-refractivity contribution in [2.24, 2.45) is 7.05 Å². The molecule has 0 spiro atoms. The number of rotatable bonds is 6. The van der Waals surface area contributed by atoms with E-state index in [0.29, 0.717) is 6.54 Å². The van der Waals surface area contributed by atoms with Gasteiger partial charge in [0, 0.05) is 42.9 Å². The lowest BCUT2D eigenvalue weighted by Gasteiger charge is -2.12. The maximum atomic E-state index is 10.1. The van der Waals surface area contributed by atoms with Crippen molar-refractivity contribution in [3.8, 4) is 0 Å². The van der Waals surface area contributed by atoms with Crippen LogP contribution >= 0.6 is 15.9 Å². The number of hydrogen-bond acceptors (Lipinski definition) is 3. The molecule has 2 aromatic rings. The zero-order valence-corrected chi connectivity index (χ0v) is 12.5. The zero-order valence-electron chi connectivity index (χ0n) is 10.9. The molecule has 2 rings (SSSR count). The van der Waals surface area contributed by atoms with Crippen molar-refractivity contribution in [3.05, 3.63) is 52.3 Å². The molecule has 0 amide bonds. The molecule has 0 aliphatic heterocycles. The highest BCUT2D eigenvalue weighted by Crippen LogP contribution is 2.17. The highest BCUT2D eigenvalue weighted by Gasteiger charge is 2.07. The van der Waals surface area contributed by atoms with E-state index < -0.39 is 6.10 Å². The number of aliphatic hydroxyl groups excluding tert-OH is 1. The van der Waals surface area contributed by atoms with E-state index in [-0.39, 0.29) is 0 Å². The number of hydrogen-bond donors (Lipinski definition) is 2. The fourth-order valence-electron chi connectivity index (χ4n) is 1.93. The Bertz CT molecular complexity index is 527. The molecule has 0 saturated heterocycles. The van der Waals surface area contributed by atoms with Gasteiger partial charge in [-0.1, -0.05) is 28.1 Å². The van der Waals surface area contributed by atoms with E-state index in [1.54, 1.807) is 6.20 Å². The number of benzene rings is 1. The summed E-state index contributed by atoms with van der Waals surface area (Å²) in [5.41, 5.74) is 2.10. The summed E-state index contributed by atoms with van der Waals surface area (Å²) < 4.78 is 2.85. The van der Waals surface area contributed by atoms with Gasteiger partial charge in [0.25, 0.3) is 0 Å². The van der Waals surface area contributed by atoms with Crippen molar-refractivity contribution in [2.75, 3.05) is 13.1 Å². The van der Waals surface area contributed by atoms with Gasteiger partial charge in [-0.3, -0.25) is 4.68 Å². The Labute approximate surface area is 121 Å². The predicted octanol–water partition coefficient (Wildman–Crippen LogP) is 2.05. The number of nitrogens with one attached hydrogen (secondary N) is 1. The summed E-state index contributed by atoms with van der Waals surface area (Å²) in [6, 6.07) is 9.75. The second kappa shape index (κ2) is 6.84. The molecule has 1 atom stereocenters. The fraction of sp³-hybridized carbons (Fsp3) is 0.357. The minimum atomic E-state index is -0.482. The Morgan fingerprint density at radius 1 is 1.42 bits per heavy atom. The first kappa shape index (κ1) is 14.2. The Morgan fingerprint density at radius 2 is 2.26 bits per heavy atom. The Balaban J connectivity index is 1.75. The molecule has 5 heteroatoms. The molecule has 0 fully saturated rings. The first-order chi connectivity index (χ1) is 9.16. The molecule has 0 aliphatic rings. The molecular formula is C14H18BrN3O. The minimum Gasteiger partial charge on any atom is -0.387 e. The van der Waals surface area contributed by atoms with Gasteiger partial charge in [-0.05, 0) is 23.8 Å². The molecule has 0 saturated carbocycles. The van der Waals surface area contributed by atoms with Crippen LogP contribution < -0.4 is 5.32 Å². The second-order valence-corrected chi connectivity index (χ2v) is 5.39. The third-order valence-corrected chi connectivity index (χ3v) is 3.54. The third kappa shape index (κ3) is 4.16. The Kier molecular flexibility index (Phi) is 5.13. The van der Waals surface area contributed by atoms with Crippen molar-refractivity contribution in [2.45, 2.75) is 12.5 Å². The smallest absolute Gasteiger partial charge is 0.0914 e. The van der Waals surface area contributed by atoms with Crippen LogP contribution in [0.15, 0.2) is 41.0 Å². The SMILES string of the molecule is Cn1nccc1CCNCC(O)c1cccc(Br)c1.